The molecule has 0 N–H and O–H groups in total. The van der Waals surface area contributed by atoms with Gasteiger partial charge in [-0.3, -0.25) is 0 Å². The summed E-state index contributed by atoms with van der Waals surface area (Å²) in [7, 11) is 0. The fourth-order valence-electron chi connectivity index (χ4n) is 1.11. The Hall–Kier alpha value is -1.28. The van der Waals surface area contributed by atoms with Gasteiger partial charge in [0.2, 0.25) is 0 Å². The van der Waals surface area contributed by atoms with Gasteiger partial charge in [-0.25, -0.2) is 0 Å². The van der Waals surface area contributed by atoms with Crippen LogP contribution in [0.5, 0.6) is 11.5 Å². The van der Waals surface area contributed by atoms with Gasteiger partial charge >= 0.3 is 0 Å². The van der Waals surface area contributed by atoms with Gasteiger partial charge in [0.05, 0.1) is 0 Å². The predicted molar refractivity (Wildman–Crippen MR) is 59.5 cm³/mol. The van der Waals surface area contributed by atoms with Gasteiger partial charge in [0.15, 0.2) is 0 Å². The van der Waals surface area contributed by atoms with Gasteiger partial charge in [-0.15, -0.1) is 0 Å². The summed E-state index contributed by atoms with van der Waals surface area (Å²) in [5.41, 5.74) is 0. The highest BCUT2D eigenvalue weighted by molar-refractivity contribution is 9.10. The van der Waals surface area contributed by atoms with E-state index in [1.54, 1.807) is 0 Å². The van der Waals surface area contributed by atoms with Gasteiger partial charge < -0.3 is 4.74 Å². The zero-order chi connectivity index (χ0) is 9.80. The first-order valence-electron chi connectivity index (χ1n) is 4.24. The first-order chi connectivity index (χ1) is 6.84. The molecule has 0 saturated heterocycles. The number of hydrogen-bond acceptors (Lipinski definition) is 1. The van der Waals surface area contributed by atoms with Crippen molar-refractivity contribution >= 4 is 15.9 Å². The minimum absolute atomic E-state index is 0.821. The minimum atomic E-state index is 0.821. The maximum atomic E-state index is 5.61. The topological polar surface area (TPSA) is 9.23 Å². The van der Waals surface area contributed by atoms with E-state index in [4.69, 9.17) is 4.74 Å². The second kappa shape index (κ2) is 4.29. The summed E-state index contributed by atoms with van der Waals surface area (Å²) < 4.78 is 6.62. The first kappa shape index (κ1) is 9.28. The van der Waals surface area contributed by atoms with E-state index in [1.165, 1.54) is 0 Å². The monoisotopic (exact) mass is 247 g/mol. The lowest BCUT2D eigenvalue weighted by Crippen LogP contribution is -1.82. The Balaban J connectivity index is 2.19. The van der Waals surface area contributed by atoms with Crippen molar-refractivity contribution < 1.29 is 4.74 Å². The Labute approximate surface area is 91.5 Å². The number of benzene rings is 2. The Morgan fingerprint density at radius 2 is 1.79 bits per heavy atom. The van der Waals surface area contributed by atoms with Crippen LogP contribution in [-0.2, 0) is 0 Å². The fourth-order valence-corrected chi connectivity index (χ4v) is 1.48. The number of halogens is 1. The highest BCUT2D eigenvalue weighted by Gasteiger charge is 1.95. The average Bonchev–Trinajstić information content (AvgIpc) is 2.19. The second-order valence-corrected chi connectivity index (χ2v) is 3.71. The predicted octanol–water partition coefficient (Wildman–Crippen LogP) is 4.04. The molecule has 0 aliphatic carbocycles. The van der Waals surface area contributed by atoms with E-state index in [0.717, 1.165) is 16.0 Å². The quantitative estimate of drug-likeness (QED) is 0.779. The van der Waals surface area contributed by atoms with Crippen molar-refractivity contribution in [3.63, 3.8) is 0 Å². The second-order valence-electron chi connectivity index (χ2n) is 2.80. The van der Waals surface area contributed by atoms with Crippen molar-refractivity contribution in [2.45, 2.75) is 0 Å². The highest BCUT2D eigenvalue weighted by Crippen LogP contribution is 2.23. The van der Waals surface area contributed by atoms with E-state index in [9.17, 15) is 0 Å². The number of rotatable bonds is 2. The van der Waals surface area contributed by atoms with Crippen LogP contribution in [0.2, 0.25) is 0 Å². The van der Waals surface area contributed by atoms with E-state index < -0.39 is 0 Å². The molecule has 2 heteroatoms. The Morgan fingerprint density at radius 1 is 1.00 bits per heavy atom. The molecule has 0 amide bonds. The molecule has 0 saturated carbocycles. The van der Waals surface area contributed by atoms with Crippen molar-refractivity contribution in [2.75, 3.05) is 0 Å². The number of ether oxygens (including phenoxy) is 1. The third kappa shape index (κ3) is 2.36. The first-order valence-corrected chi connectivity index (χ1v) is 5.03. The Kier molecular flexibility index (Phi) is 2.84. The zero-order valence-corrected chi connectivity index (χ0v) is 8.99. The summed E-state index contributed by atoms with van der Waals surface area (Å²) >= 11 is 3.39. The fraction of sp³-hybridized carbons (Fsp3) is 0. The lowest BCUT2D eigenvalue weighted by Gasteiger charge is -2.04. The summed E-state index contributed by atoms with van der Waals surface area (Å²) in [5, 5.41) is 0. The molecule has 0 bridgehead atoms. The summed E-state index contributed by atoms with van der Waals surface area (Å²) in [6.07, 6.45) is 0. The highest BCUT2D eigenvalue weighted by atomic mass is 79.9. The van der Waals surface area contributed by atoms with Gasteiger partial charge in [-0.05, 0) is 36.4 Å². The van der Waals surface area contributed by atoms with Crippen LogP contribution in [0.4, 0.5) is 0 Å². The van der Waals surface area contributed by atoms with Gasteiger partial charge in [-0.1, -0.05) is 34.1 Å². The van der Waals surface area contributed by atoms with Crippen LogP contribution < -0.4 is 4.74 Å². The van der Waals surface area contributed by atoms with Crippen LogP contribution in [0.1, 0.15) is 0 Å². The molecule has 0 aromatic heterocycles. The molecule has 0 spiro atoms. The molecule has 2 aromatic rings. The maximum absolute atomic E-state index is 5.61. The Bertz CT molecular complexity index is 412. The van der Waals surface area contributed by atoms with E-state index in [-0.39, 0.29) is 0 Å². The summed E-state index contributed by atoms with van der Waals surface area (Å²) in [6.45, 7) is 0. The van der Waals surface area contributed by atoms with Crippen molar-refractivity contribution in [1.29, 1.82) is 0 Å². The van der Waals surface area contributed by atoms with E-state index in [0.29, 0.717) is 0 Å². The maximum Gasteiger partial charge on any atom is 0.128 e. The third-order valence-corrected chi connectivity index (χ3v) is 2.21. The lowest BCUT2D eigenvalue weighted by molar-refractivity contribution is 0.482. The summed E-state index contributed by atoms with van der Waals surface area (Å²) in [4.78, 5) is 0. The molecule has 1 nitrogen and oxygen atoms in total. The van der Waals surface area contributed by atoms with Gasteiger partial charge in [0, 0.05) is 4.47 Å². The SMILES string of the molecule is Brc1cccc(Oc2cc[c]cc2)c1. The third-order valence-electron chi connectivity index (χ3n) is 1.72. The van der Waals surface area contributed by atoms with Crippen molar-refractivity contribution in [1.82, 2.24) is 0 Å². The molecule has 1 radical (unpaired) electrons. The van der Waals surface area contributed by atoms with E-state index >= 15 is 0 Å². The molecule has 0 aliphatic rings. The molecule has 0 aliphatic heterocycles. The van der Waals surface area contributed by atoms with Gasteiger partial charge in [0.1, 0.15) is 11.5 Å². The van der Waals surface area contributed by atoms with Crippen molar-refractivity contribution in [3.05, 3.63) is 59.1 Å². The normalized spacial score (nSPS) is 9.79. The molecule has 0 heterocycles. The van der Waals surface area contributed by atoms with Crippen LogP contribution in [0.25, 0.3) is 0 Å². The van der Waals surface area contributed by atoms with Crippen LogP contribution in [0, 0.1) is 6.07 Å². The minimum Gasteiger partial charge on any atom is -0.457 e. The van der Waals surface area contributed by atoms with Gasteiger partial charge in [0.25, 0.3) is 0 Å². The average molecular weight is 248 g/mol. The van der Waals surface area contributed by atoms with Crippen LogP contribution in [0.15, 0.2) is 53.0 Å². The lowest BCUT2D eigenvalue weighted by atomic mass is 10.3. The molecule has 0 fully saturated rings. The molecule has 2 aromatic carbocycles. The van der Waals surface area contributed by atoms with E-state index in [1.807, 2.05) is 48.5 Å². The molecule has 0 atom stereocenters. The molecule has 14 heavy (non-hydrogen) atoms. The van der Waals surface area contributed by atoms with Crippen molar-refractivity contribution in [3.8, 4) is 11.5 Å². The zero-order valence-electron chi connectivity index (χ0n) is 7.41. The molecule has 0 unspecified atom stereocenters. The molecule has 2 rings (SSSR count). The van der Waals surface area contributed by atoms with Crippen LogP contribution >= 0.6 is 15.9 Å². The van der Waals surface area contributed by atoms with Crippen LogP contribution in [0.3, 0.4) is 0 Å². The summed E-state index contributed by atoms with van der Waals surface area (Å²) in [6, 6.07) is 18.1. The standard InChI is InChI=1S/C12H8BrO/c13-10-5-4-8-12(9-10)14-11-6-2-1-3-7-11/h2-9H. The summed E-state index contributed by atoms with van der Waals surface area (Å²) in [5.74, 6) is 1.65. The van der Waals surface area contributed by atoms with Crippen molar-refractivity contribution in [2.24, 2.45) is 0 Å². The smallest absolute Gasteiger partial charge is 0.128 e. The Morgan fingerprint density at radius 3 is 2.50 bits per heavy atom. The van der Waals surface area contributed by atoms with Gasteiger partial charge in [-0.2, -0.15) is 0 Å². The largest absolute Gasteiger partial charge is 0.457 e. The van der Waals surface area contributed by atoms with E-state index in [2.05, 4.69) is 22.0 Å². The van der Waals surface area contributed by atoms with Crippen LogP contribution in [-0.4, -0.2) is 0 Å². The number of hydrogen-bond donors (Lipinski definition) is 0. The molecular formula is C12H8BrO. The molecule has 69 valence electrons. The molecular weight excluding hydrogens is 240 g/mol.